The lowest BCUT2D eigenvalue weighted by Gasteiger charge is -2.35. The van der Waals surface area contributed by atoms with Gasteiger partial charge in [0.1, 0.15) is 5.82 Å². The summed E-state index contributed by atoms with van der Waals surface area (Å²) in [6, 6.07) is 14.2. The number of hydrogen-bond acceptors (Lipinski definition) is 8. The molecule has 0 saturated carbocycles. The molecule has 3 heterocycles. The molecule has 1 saturated heterocycles. The fourth-order valence-electron chi connectivity index (χ4n) is 3.16. The monoisotopic (exact) mass is 376 g/mol. The van der Waals surface area contributed by atoms with E-state index >= 15 is 0 Å². The Morgan fingerprint density at radius 1 is 0.929 bits per heavy atom. The number of benzene rings is 1. The van der Waals surface area contributed by atoms with E-state index in [1.807, 2.05) is 50.6 Å². The summed E-state index contributed by atoms with van der Waals surface area (Å²) in [6.45, 7) is 3.42. The van der Waals surface area contributed by atoms with E-state index in [1.54, 1.807) is 6.20 Å². The third kappa shape index (κ3) is 4.11. The summed E-state index contributed by atoms with van der Waals surface area (Å²) in [4.78, 5) is 15.6. The van der Waals surface area contributed by atoms with E-state index in [0.29, 0.717) is 11.8 Å². The molecule has 1 N–H and O–H groups in total. The van der Waals surface area contributed by atoms with Gasteiger partial charge in [0.2, 0.25) is 5.95 Å². The molecular weight excluding hydrogens is 352 g/mol. The first-order valence-corrected chi connectivity index (χ1v) is 9.34. The number of pyridine rings is 1. The highest BCUT2D eigenvalue weighted by atomic mass is 15.4. The van der Waals surface area contributed by atoms with Gasteiger partial charge >= 0.3 is 0 Å². The van der Waals surface area contributed by atoms with Gasteiger partial charge in [0.05, 0.1) is 6.20 Å². The Morgan fingerprint density at radius 3 is 2.36 bits per heavy atom. The van der Waals surface area contributed by atoms with Crippen LogP contribution in [0.4, 0.5) is 29.0 Å². The molecule has 0 unspecified atom stereocenters. The van der Waals surface area contributed by atoms with Gasteiger partial charge in [-0.25, -0.2) is 4.98 Å². The van der Waals surface area contributed by atoms with E-state index in [1.165, 1.54) is 0 Å². The van der Waals surface area contributed by atoms with Crippen LogP contribution in [0.15, 0.2) is 54.9 Å². The van der Waals surface area contributed by atoms with Crippen LogP contribution < -0.4 is 20.0 Å². The van der Waals surface area contributed by atoms with Gasteiger partial charge in [-0.3, -0.25) is 0 Å². The Bertz CT molecular complexity index is 890. The van der Waals surface area contributed by atoms with Crippen LogP contribution in [0.5, 0.6) is 0 Å². The molecule has 1 aliphatic heterocycles. The average molecular weight is 376 g/mol. The van der Waals surface area contributed by atoms with E-state index in [9.17, 15) is 0 Å². The smallest absolute Gasteiger partial charge is 0.247 e. The van der Waals surface area contributed by atoms with Crippen LogP contribution in [0, 0.1) is 0 Å². The van der Waals surface area contributed by atoms with Gasteiger partial charge in [-0.05, 0) is 36.4 Å². The van der Waals surface area contributed by atoms with Crippen LogP contribution in [0.2, 0.25) is 0 Å². The molecule has 28 heavy (non-hydrogen) atoms. The van der Waals surface area contributed by atoms with Crippen LogP contribution in [-0.4, -0.2) is 60.4 Å². The molecule has 0 atom stereocenters. The first-order chi connectivity index (χ1) is 13.7. The lowest BCUT2D eigenvalue weighted by molar-refractivity contribution is 0.630. The summed E-state index contributed by atoms with van der Waals surface area (Å²) in [7, 11) is 4.05. The van der Waals surface area contributed by atoms with Gasteiger partial charge < -0.3 is 20.0 Å². The Kier molecular flexibility index (Phi) is 5.18. The van der Waals surface area contributed by atoms with Gasteiger partial charge in [0, 0.05) is 57.8 Å². The van der Waals surface area contributed by atoms with Crippen LogP contribution in [0.3, 0.4) is 0 Å². The minimum Gasteiger partial charge on any atom is -0.378 e. The summed E-state index contributed by atoms with van der Waals surface area (Å²) in [5, 5.41) is 11.7. The van der Waals surface area contributed by atoms with Crippen LogP contribution >= 0.6 is 0 Å². The van der Waals surface area contributed by atoms with Crippen molar-refractivity contribution in [3.63, 3.8) is 0 Å². The molecule has 3 aromatic rings. The van der Waals surface area contributed by atoms with Crippen molar-refractivity contribution in [3.8, 4) is 0 Å². The van der Waals surface area contributed by atoms with Gasteiger partial charge in [-0.2, -0.15) is 10.1 Å². The molecule has 4 rings (SSSR count). The molecule has 0 radical (unpaired) electrons. The predicted octanol–water partition coefficient (Wildman–Crippen LogP) is 2.40. The molecule has 144 valence electrons. The third-order valence-corrected chi connectivity index (χ3v) is 4.74. The zero-order chi connectivity index (χ0) is 19.3. The molecule has 0 aliphatic carbocycles. The molecule has 1 fully saturated rings. The van der Waals surface area contributed by atoms with E-state index in [-0.39, 0.29) is 0 Å². The van der Waals surface area contributed by atoms with E-state index in [0.717, 1.165) is 43.4 Å². The fraction of sp³-hybridized carbons (Fsp3) is 0.300. The minimum atomic E-state index is 0.649. The van der Waals surface area contributed by atoms with Crippen LogP contribution in [0.1, 0.15) is 0 Å². The summed E-state index contributed by atoms with van der Waals surface area (Å²) in [5.74, 6) is 2.35. The SMILES string of the molecule is CN(C)c1ccc(Nc2cnnc(N3CCN(c4ccccn4)CC3)n2)cc1. The molecule has 8 heteroatoms. The highest BCUT2D eigenvalue weighted by Gasteiger charge is 2.20. The summed E-state index contributed by atoms with van der Waals surface area (Å²) in [6.07, 6.45) is 3.47. The fourth-order valence-corrected chi connectivity index (χ4v) is 3.16. The van der Waals surface area contributed by atoms with Crippen molar-refractivity contribution in [1.82, 2.24) is 20.2 Å². The van der Waals surface area contributed by atoms with Crippen molar-refractivity contribution < 1.29 is 0 Å². The Hall–Kier alpha value is -3.42. The zero-order valence-electron chi connectivity index (χ0n) is 16.2. The normalized spacial score (nSPS) is 14.1. The molecule has 0 spiro atoms. The first-order valence-electron chi connectivity index (χ1n) is 9.34. The van der Waals surface area contributed by atoms with E-state index in [2.05, 4.69) is 52.3 Å². The lowest BCUT2D eigenvalue weighted by atomic mass is 10.2. The Morgan fingerprint density at radius 2 is 1.68 bits per heavy atom. The molecule has 0 bridgehead atoms. The quantitative estimate of drug-likeness (QED) is 0.728. The molecular formula is C20H24N8. The number of piperazine rings is 1. The first kappa shape index (κ1) is 18.0. The average Bonchev–Trinajstić information content (AvgIpc) is 2.75. The van der Waals surface area contributed by atoms with Crippen molar-refractivity contribution in [2.75, 3.05) is 60.3 Å². The molecule has 1 aromatic carbocycles. The summed E-state index contributed by atoms with van der Waals surface area (Å²) in [5.41, 5.74) is 2.12. The lowest BCUT2D eigenvalue weighted by Crippen LogP contribution is -2.47. The Labute approximate surface area is 164 Å². The maximum absolute atomic E-state index is 4.64. The van der Waals surface area contributed by atoms with Crippen molar-refractivity contribution in [2.45, 2.75) is 0 Å². The van der Waals surface area contributed by atoms with Crippen LogP contribution in [0.25, 0.3) is 0 Å². The number of nitrogens with one attached hydrogen (secondary N) is 1. The zero-order valence-corrected chi connectivity index (χ0v) is 16.2. The molecule has 2 aromatic heterocycles. The number of anilines is 5. The maximum Gasteiger partial charge on any atom is 0.247 e. The van der Waals surface area contributed by atoms with Gasteiger partial charge in [-0.1, -0.05) is 6.07 Å². The summed E-state index contributed by atoms with van der Waals surface area (Å²) < 4.78 is 0. The van der Waals surface area contributed by atoms with Crippen LogP contribution in [-0.2, 0) is 0 Å². The third-order valence-electron chi connectivity index (χ3n) is 4.74. The van der Waals surface area contributed by atoms with E-state index in [4.69, 9.17) is 0 Å². The van der Waals surface area contributed by atoms with Gasteiger partial charge in [-0.15, -0.1) is 5.10 Å². The highest BCUT2D eigenvalue weighted by molar-refractivity contribution is 5.60. The number of hydrogen-bond donors (Lipinski definition) is 1. The van der Waals surface area contributed by atoms with Crippen molar-refractivity contribution in [2.24, 2.45) is 0 Å². The summed E-state index contributed by atoms with van der Waals surface area (Å²) >= 11 is 0. The van der Waals surface area contributed by atoms with Crippen molar-refractivity contribution >= 4 is 29.0 Å². The van der Waals surface area contributed by atoms with E-state index < -0.39 is 0 Å². The number of nitrogens with zero attached hydrogens (tertiary/aromatic N) is 7. The Balaban J connectivity index is 1.40. The highest BCUT2D eigenvalue weighted by Crippen LogP contribution is 2.20. The predicted molar refractivity (Wildman–Crippen MR) is 113 cm³/mol. The topological polar surface area (TPSA) is 73.3 Å². The number of aromatic nitrogens is 4. The second-order valence-corrected chi connectivity index (χ2v) is 6.87. The maximum atomic E-state index is 4.64. The molecule has 1 aliphatic rings. The second kappa shape index (κ2) is 8.08. The molecule has 8 nitrogen and oxygen atoms in total. The largest absolute Gasteiger partial charge is 0.378 e. The van der Waals surface area contributed by atoms with Crippen molar-refractivity contribution in [3.05, 3.63) is 54.9 Å². The van der Waals surface area contributed by atoms with Crippen molar-refractivity contribution in [1.29, 1.82) is 0 Å². The standard InChI is InChI=1S/C20H24N8/c1-26(2)17-8-6-16(7-9-17)23-18-15-22-25-20(24-18)28-13-11-27(12-14-28)19-5-3-4-10-21-19/h3-10,15H,11-14H2,1-2H3,(H,23,24,25). The number of rotatable bonds is 5. The molecule has 0 amide bonds. The minimum absolute atomic E-state index is 0.649. The van der Waals surface area contributed by atoms with Gasteiger partial charge in [0.15, 0.2) is 5.82 Å². The second-order valence-electron chi connectivity index (χ2n) is 6.87. The van der Waals surface area contributed by atoms with Gasteiger partial charge in [0.25, 0.3) is 0 Å².